The maximum atomic E-state index is 13.0. The number of nitro benzene ring substituents is 1. The zero-order valence-corrected chi connectivity index (χ0v) is 14.8. The topological polar surface area (TPSA) is 81.9 Å². The van der Waals surface area contributed by atoms with Crippen molar-refractivity contribution in [1.82, 2.24) is 0 Å². The van der Waals surface area contributed by atoms with E-state index in [1.807, 2.05) is 31.2 Å². The van der Waals surface area contributed by atoms with E-state index in [0.717, 1.165) is 17.7 Å². The number of rotatable bonds is 5. The lowest BCUT2D eigenvalue weighted by molar-refractivity contribution is -0.385. The second-order valence-electron chi connectivity index (χ2n) is 6.24. The van der Waals surface area contributed by atoms with E-state index < -0.39 is 11.0 Å². The predicted molar refractivity (Wildman–Crippen MR) is 96.8 cm³/mol. The van der Waals surface area contributed by atoms with Crippen molar-refractivity contribution >= 4 is 17.3 Å². The van der Waals surface area contributed by atoms with E-state index in [0.29, 0.717) is 5.75 Å². The van der Waals surface area contributed by atoms with Gasteiger partial charge in [0.25, 0.3) is 11.6 Å². The predicted octanol–water partition coefficient (Wildman–Crippen LogP) is 3.35. The first-order chi connectivity index (χ1) is 12.4. The Morgan fingerprint density at radius 3 is 2.69 bits per heavy atom. The Bertz CT molecular complexity index is 852. The Morgan fingerprint density at radius 1 is 1.27 bits per heavy atom. The van der Waals surface area contributed by atoms with Crippen molar-refractivity contribution in [3.63, 3.8) is 0 Å². The number of hydrogen-bond donors (Lipinski definition) is 0. The van der Waals surface area contributed by atoms with Gasteiger partial charge in [-0.2, -0.15) is 0 Å². The molecule has 0 aromatic heterocycles. The summed E-state index contributed by atoms with van der Waals surface area (Å²) < 4.78 is 10.9. The summed E-state index contributed by atoms with van der Waals surface area (Å²) in [5.74, 6) is 0.309. The zero-order chi connectivity index (χ0) is 18.8. The van der Waals surface area contributed by atoms with Crippen LogP contribution in [0, 0.1) is 10.1 Å². The number of benzene rings is 2. The van der Waals surface area contributed by atoms with Crippen molar-refractivity contribution in [1.29, 1.82) is 0 Å². The normalized spacial score (nSPS) is 16.7. The smallest absolute Gasteiger partial charge is 0.273 e. The van der Waals surface area contributed by atoms with Gasteiger partial charge in [-0.25, -0.2) is 0 Å². The molecule has 1 aliphatic heterocycles. The molecule has 0 saturated carbocycles. The number of carbonyl (C=O) groups is 1. The SMILES string of the molecule is COc1ccc([N+](=O)[O-])cc1O[C@@H](C)C(=O)N1c2ccccc2C[C@H]1C. The van der Waals surface area contributed by atoms with Crippen molar-refractivity contribution in [3.8, 4) is 11.5 Å². The van der Waals surface area contributed by atoms with E-state index in [4.69, 9.17) is 9.47 Å². The van der Waals surface area contributed by atoms with Gasteiger partial charge in [0.05, 0.1) is 18.1 Å². The van der Waals surface area contributed by atoms with E-state index in [9.17, 15) is 14.9 Å². The molecule has 0 N–H and O–H groups in total. The fourth-order valence-electron chi connectivity index (χ4n) is 3.21. The molecule has 0 bridgehead atoms. The molecule has 7 nitrogen and oxygen atoms in total. The van der Waals surface area contributed by atoms with Gasteiger partial charge in [-0.15, -0.1) is 0 Å². The number of anilines is 1. The number of para-hydroxylation sites is 1. The number of non-ortho nitro benzene ring substituents is 1. The van der Waals surface area contributed by atoms with Crippen molar-refractivity contribution in [3.05, 3.63) is 58.1 Å². The van der Waals surface area contributed by atoms with Crippen LogP contribution >= 0.6 is 0 Å². The van der Waals surface area contributed by atoms with Crippen molar-refractivity contribution < 1.29 is 19.2 Å². The minimum atomic E-state index is -0.820. The average Bonchev–Trinajstić information content (AvgIpc) is 2.96. The first-order valence-corrected chi connectivity index (χ1v) is 8.32. The monoisotopic (exact) mass is 356 g/mol. The minimum Gasteiger partial charge on any atom is -0.493 e. The number of fused-ring (bicyclic) bond motifs is 1. The molecule has 136 valence electrons. The molecule has 7 heteroatoms. The van der Waals surface area contributed by atoms with Crippen LogP contribution in [-0.2, 0) is 11.2 Å². The fraction of sp³-hybridized carbons (Fsp3) is 0.316. The third-order valence-electron chi connectivity index (χ3n) is 4.45. The van der Waals surface area contributed by atoms with Crippen LogP contribution in [0.1, 0.15) is 19.4 Å². The van der Waals surface area contributed by atoms with Crippen LogP contribution in [0.4, 0.5) is 11.4 Å². The Balaban J connectivity index is 1.84. The van der Waals surface area contributed by atoms with Crippen LogP contribution in [0.25, 0.3) is 0 Å². The quantitative estimate of drug-likeness (QED) is 0.606. The highest BCUT2D eigenvalue weighted by Crippen LogP contribution is 2.35. The van der Waals surface area contributed by atoms with Crippen molar-refractivity contribution in [2.45, 2.75) is 32.4 Å². The highest BCUT2D eigenvalue weighted by Gasteiger charge is 2.34. The fourth-order valence-corrected chi connectivity index (χ4v) is 3.21. The molecule has 2 aromatic rings. The molecule has 2 atom stereocenters. The second-order valence-corrected chi connectivity index (χ2v) is 6.24. The van der Waals surface area contributed by atoms with Crippen LogP contribution in [0.5, 0.6) is 11.5 Å². The van der Waals surface area contributed by atoms with Crippen LogP contribution in [0.15, 0.2) is 42.5 Å². The number of carbonyl (C=O) groups excluding carboxylic acids is 1. The number of methoxy groups -OCH3 is 1. The molecular weight excluding hydrogens is 336 g/mol. The molecule has 0 radical (unpaired) electrons. The maximum absolute atomic E-state index is 13.0. The summed E-state index contributed by atoms with van der Waals surface area (Å²) in [6.07, 6.45) is -0.0334. The van der Waals surface area contributed by atoms with Crippen molar-refractivity contribution in [2.75, 3.05) is 12.0 Å². The van der Waals surface area contributed by atoms with Gasteiger partial charge in [-0.3, -0.25) is 14.9 Å². The van der Waals surface area contributed by atoms with Crippen LogP contribution in [0.3, 0.4) is 0 Å². The van der Waals surface area contributed by atoms with Gasteiger partial charge in [-0.05, 0) is 38.0 Å². The maximum Gasteiger partial charge on any atom is 0.273 e. The minimum absolute atomic E-state index is 0.0259. The molecular formula is C19H20N2O5. The first kappa shape index (κ1) is 17.7. The lowest BCUT2D eigenvalue weighted by Gasteiger charge is -2.26. The van der Waals surface area contributed by atoms with E-state index >= 15 is 0 Å². The van der Waals surface area contributed by atoms with Gasteiger partial charge in [0.1, 0.15) is 0 Å². The summed E-state index contributed by atoms with van der Waals surface area (Å²) in [7, 11) is 1.44. The van der Waals surface area contributed by atoms with E-state index in [-0.39, 0.29) is 23.4 Å². The lowest BCUT2D eigenvalue weighted by Crippen LogP contribution is -2.43. The van der Waals surface area contributed by atoms with Gasteiger partial charge >= 0.3 is 0 Å². The molecule has 26 heavy (non-hydrogen) atoms. The lowest BCUT2D eigenvalue weighted by atomic mass is 10.1. The number of ether oxygens (including phenoxy) is 2. The first-order valence-electron chi connectivity index (χ1n) is 8.32. The molecule has 0 saturated heterocycles. The Morgan fingerprint density at radius 2 is 2.00 bits per heavy atom. The van der Waals surface area contributed by atoms with E-state index in [1.54, 1.807) is 11.8 Å². The van der Waals surface area contributed by atoms with Crippen molar-refractivity contribution in [2.24, 2.45) is 0 Å². The number of nitrogens with zero attached hydrogens (tertiary/aromatic N) is 2. The second kappa shape index (κ2) is 7.03. The zero-order valence-electron chi connectivity index (χ0n) is 14.8. The highest BCUT2D eigenvalue weighted by molar-refractivity contribution is 5.99. The summed E-state index contributed by atoms with van der Waals surface area (Å²) in [5, 5.41) is 11.0. The number of nitro groups is 1. The summed E-state index contributed by atoms with van der Waals surface area (Å²) in [4.78, 5) is 25.2. The largest absolute Gasteiger partial charge is 0.493 e. The van der Waals surface area contributed by atoms with Gasteiger partial charge in [0.2, 0.25) is 0 Å². The Kier molecular flexibility index (Phi) is 4.79. The number of amides is 1. The van der Waals surface area contributed by atoms with Crippen LogP contribution in [0.2, 0.25) is 0 Å². The molecule has 0 aliphatic carbocycles. The van der Waals surface area contributed by atoms with Crippen LogP contribution < -0.4 is 14.4 Å². The molecule has 0 unspecified atom stereocenters. The Hall–Kier alpha value is -3.09. The Labute approximate surface area is 151 Å². The molecule has 1 aliphatic rings. The van der Waals surface area contributed by atoms with E-state index in [1.165, 1.54) is 25.3 Å². The third kappa shape index (κ3) is 3.20. The van der Waals surface area contributed by atoms with Crippen LogP contribution in [-0.4, -0.2) is 30.1 Å². The van der Waals surface area contributed by atoms with Gasteiger partial charge in [0, 0.05) is 17.8 Å². The molecule has 0 spiro atoms. The summed E-state index contributed by atoms with van der Waals surface area (Å²) in [6.45, 7) is 3.62. The summed E-state index contributed by atoms with van der Waals surface area (Å²) in [6, 6.07) is 11.8. The van der Waals surface area contributed by atoms with Gasteiger partial charge in [-0.1, -0.05) is 18.2 Å². The standard InChI is InChI=1S/C19H20N2O5/c1-12-10-14-6-4-5-7-16(14)20(12)19(22)13(2)26-18-11-15(21(23)24)8-9-17(18)25-3/h4-9,11-13H,10H2,1-3H3/t12-,13+/m1/s1. The highest BCUT2D eigenvalue weighted by atomic mass is 16.6. The molecule has 3 rings (SSSR count). The van der Waals surface area contributed by atoms with E-state index in [2.05, 4.69) is 0 Å². The molecule has 1 amide bonds. The number of hydrogen-bond acceptors (Lipinski definition) is 5. The average molecular weight is 356 g/mol. The van der Waals surface area contributed by atoms with Gasteiger partial charge < -0.3 is 14.4 Å². The third-order valence-corrected chi connectivity index (χ3v) is 4.45. The summed E-state index contributed by atoms with van der Waals surface area (Å²) in [5.41, 5.74) is 1.88. The molecule has 2 aromatic carbocycles. The summed E-state index contributed by atoms with van der Waals surface area (Å²) >= 11 is 0. The molecule has 1 heterocycles. The van der Waals surface area contributed by atoms with Gasteiger partial charge in [0.15, 0.2) is 17.6 Å². The molecule has 0 fully saturated rings.